The number of imidazole rings is 1. The number of carbonyl (C=O) groups excluding carboxylic acids is 1. The SMILES string of the molecule is Cc1cc2ncn(CC3CCN(C(=O)c4cc5ccccc5o4)CC3)c2cc1C. The van der Waals surface area contributed by atoms with Crippen LogP contribution in [0.3, 0.4) is 0 Å². The van der Waals surface area contributed by atoms with Crippen LogP contribution in [0.25, 0.3) is 22.0 Å². The Bertz CT molecular complexity index is 1160. The molecule has 5 nitrogen and oxygen atoms in total. The molecular formula is C24H25N3O2. The third-order valence-corrected chi connectivity index (χ3v) is 6.23. The van der Waals surface area contributed by atoms with E-state index in [1.165, 1.54) is 16.6 Å². The summed E-state index contributed by atoms with van der Waals surface area (Å²) in [6.45, 7) is 6.76. The Kier molecular flexibility index (Phi) is 4.38. The predicted octanol–water partition coefficient (Wildman–Crippen LogP) is 4.95. The second-order valence-electron chi connectivity index (χ2n) is 8.21. The molecule has 29 heavy (non-hydrogen) atoms. The number of likely N-dealkylation sites (tertiary alicyclic amines) is 1. The lowest BCUT2D eigenvalue weighted by molar-refractivity contribution is 0.0654. The molecule has 0 atom stereocenters. The van der Waals surface area contributed by atoms with E-state index >= 15 is 0 Å². The summed E-state index contributed by atoms with van der Waals surface area (Å²) in [5, 5.41) is 0.975. The quantitative estimate of drug-likeness (QED) is 0.500. The van der Waals surface area contributed by atoms with Crippen LogP contribution in [-0.4, -0.2) is 33.4 Å². The topological polar surface area (TPSA) is 51.3 Å². The molecule has 5 rings (SSSR count). The Morgan fingerprint density at radius 1 is 1.10 bits per heavy atom. The molecule has 0 aliphatic carbocycles. The molecule has 0 bridgehead atoms. The summed E-state index contributed by atoms with van der Waals surface area (Å²) < 4.78 is 8.03. The van der Waals surface area contributed by atoms with E-state index in [9.17, 15) is 4.79 Å². The Labute approximate surface area is 169 Å². The zero-order valence-electron chi connectivity index (χ0n) is 16.9. The molecule has 0 saturated carbocycles. The van der Waals surface area contributed by atoms with E-state index in [-0.39, 0.29) is 5.91 Å². The number of amides is 1. The monoisotopic (exact) mass is 387 g/mol. The Hall–Kier alpha value is -3.08. The van der Waals surface area contributed by atoms with Gasteiger partial charge in [0.25, 0.3) is 5.91 Å². The average molecular weight is 387 g/mol. The van der Waals surface area contributed by atoms with Crippen LogP contribution in [0.5, 0.6) is 0 Å². The summed E-state index contributed by atoms with van der Waals surface area (Å²) >= 11 is 0. The van der Waals surface area contributed by atoms with E-state index in [1.54, 1.807) is 0 Å². The third-order valence-electron chi connectivity index (χ3n) is 6.23. The van der Waals surface area contributed by atoms with Gasteiger partial charge in [0, 0.05) is 25.0 Å². The van der Waals surface area contributed by atoms with Crippen molar-refractivity contribution in [1.29, 1.82) is 0 Å². The number of hydrogen-bond donors (Lipinski definition) is 0. The van der Waals surface area contributed by atoms with Crippen molar-refractivity contribution in [2.75, 3.05) is 13.1 Å². The van der Waals surface area contributed by atoms with Gasteiger partial charge in [-0.15, -0.1) is 0 Å². The van der Waals surface area contributed by atoms with Crippen molar-refractivity contribution in [2.24, 2.45) is 5.92 Å². The van der Waals surface area contributed by atoms with Gasteiger partial charge in [-0.3, -0.25) is 4.79 Å². The molecule has 3 heterocycles. The van der Waals surface area contributed by atoms with Crippen molar-refractivity contribution in [1.82, 2.24) is 14.5 Å². The maximum atomic E-state index is 12.9. The summed E-state index contributed by atoms with van der Waals surface area (Å²) in [4.78, 5) is 19.4. The van der Waals surface area contributed by atoms with Crippen LogP contribution >= 0.6 is 0 Å². The Balaban J connectivity index is 1.26. The van der Waals surface area contributed by atoms with Gasteiger partial charge in [-0.25, -0.2) is 4.98 Å². The fourth-order valence-corrected chi connectivity index (χ4v) is 4.30. The summed E-state index contributed by atoms with van der Waals surface area (Å²) in [6.07, 6.45) is 3.95. The Morgan fingerprint density at radius 2 is 1.86 bits per heavy atom. The standard InChI is InChI=1S/C24H25N3O2/c1-16-11-20-21(12-17(16)2)27(15-25-20)14-18-7-9-26(10-8-18)24(28)23-13-19-5-3-4-6-22(19)29-23/h3-6,11-13,15,18H,7-10,14H2,1-2H3. The highest BCUT2D eigenvalue weighted by atomic mass is 16.3. The number of benzene rings is 2. The minimum atomic E-state index is -0.00108. The predicted molar refractivity (Wildman–Crippen MR) is 114 cm³/mol. The van der Waals surface area contributed by atoms with Crippen molar-refractivity contribution < 1.29 is 9.21 Å². The van der Waals surface area contributed by atoms with E-state index in [2.05, 4.69) is 35.5 Å². The number of piperidine rings is 1. The average Bonchev–Trinajstić information content (AvgIpc) is 3.33. The molecule has 1 aliphatic heterocycles. The van der Waals surface area contributed by atoms with Gasteiger partial charge < -0.3 is 13.9 Å². The summed E-state index contributed by atoms with van der Waals surface area (Å²) in [5.74, 6) is 0.990. The smallest absolute Gasteiger partial charge is 0.289 e. The molecule has 1 amide bonds. The van der Waals surface area contributed by atoms with Crippen molar-refractivity contribution in [3.63, 3.8) is 0 Å². The summed E-state index contributed by atoms with van der Waals surface area (Å²) in [5.41, 5.74) is 5.60. The van der Waals surface area contributed by atoms with Crippen molar-refractivity contribution >= 4 is 27.9 Å². The first-order valence-electron chi connectivity index (χ1n) is 10.3. The maximum Gasteiger partial charge on any atom is 0.289 e. The first-order valence-corrected chi connectivity index (χ1v) is 10.3. The van der Waals surface area contributed by atoms with Gasteiger partial charge >= 0.3 is 0 Å². The van der Waals surface area contributed by atoms with Crippen LogP contribution in [0, 0.1) is 19.8 Å². The largest absolute Gasteiger partial charge is 0.451 e. The molecule has 2 aromatic heterocycles. The van der Waals surface area contributed by atoms with E-state index in [4.69, 9.17) is 4.42 Å². The van der Waals surface area contributed by atoms with Crippen LogP contribution in [-0.2, 0) is 6.54 Å². The lowest BCUT2D eigenvalue weighted by Gasteiger charge is -2.31. The second kappa shape index (κ2) is 7.07. The van der Waals surface area contributed by atoms with E-state index in [0.29, 0.717) is 11.7 Å². The van der Waals surface area contributed by atoms with Gasteiger partial charge in [0.15, 0.2) is 5.76 Å². The van der Waals surface area contributed by atoms with Crippen LogP contribution < -0.4 is 0 Å². The lowest BCUT2D eigenvalue weighted by atomic mass is 9.96. The number of para-hydroxylation sites is 1. The molecule has 2 aromatic carbocycles. The fraction of sp³-hybridized carbons (Fsp3) is 0.333. The summed E-state index contributed by atoms with van der Waals surface area (Å²) in [7, 11) is 0. The number of fused-ring (bicyclic) bond motifs is 2. The highest BCUT2D eigenvalue weighted by Gasteiger charge is 2.26. The molecule has 1 aliphatic rings. The molecule has 0 N–H and O–H groups in total. The Morgan fingerprint density at radius 3 is 2.66 bits per heavy atom. The first kappa shape index (κ1) is 18.0. The number of carbonyl (C=O) groups is 1. The van der Waals surface area contributed by atoms with Crippen molar-refractivity contribution in [3.8, 4) is 0 Å². The molecule has 4 aromatic rings. The van der Waals surface area contributed by atoms with Crippen LogP contribution in [0.2, 0.25) is 0 Å². The number of rotatable bonds is 3. The second-order valence-corrected chi connectivity index (χ2v) is 8.21. The zero-order chi connectivity index (χ0) is 20.0. The molecule has 0 spiro atoms. The van der Waals surface area contributed by atoms with Crippen molar-refractivity contribution in [3.05, 3.63) is 65.7 Å². The lowest BCUT2D eigenvalue weighted by Crippen LogP contribution is -2.39. The minimum absolute atomic E-state index is 0.00108. The zero-order valence-corrected chi connectivity index (χ0v) is 16.9. The number of nitrogens with zero attached hydrogens (tertiary/aromatic N) is 3. The number of aromatic nitrogens is 2. The molecule has 1 saturated heterocycles. The molecule has 5 heteroatoms. The van der Waals surface area contributed by atoms with Crippen molar-refractivity contribution in [2.45, 2.75) is 33.2 Å². The first-order chi connectivity index (χ1) is 14.1. The van der Waals surface area contributed by atoms with Crippen LogP contribution in [0.4, 0.5) is 0 Å². The maximum absolute atomic E-state index is 12.9. The highest BCUT2D eigenvalue weighted by molar-refractivity contribution is 5.96. The van der Waals surface area contributed by atoms with E-state index in [1.807, 2.05) is 41.6 Å². The molecule has 1 fully saturated rings. The molecule has 148 valence electrons. The molecular weight excluding hydrogens is 362 g/mol. The number of hydrogen-bond acceptors (Lipinski definition) is 3. The van der Waals surface area contributed by atoms with Gasteiger partial charge in [-0.05, 0) is 68.0 Å². The third kappa shape index (κ3) is 3.31. The van der Waals surface area contributed by atoms with Gasteiger partial charge in [-0.2, -0.15) is 0 Å². The fourth-order valence-electron chi connectivity index (χ4n) is 4.30. The van der Waals surface area contributed by atoms with Crippen LogP contribution in [0.15, 0.2) is 53.2 Å². The minimum Gasteiger partial charge on any atom is -0.451 e. The van der Waals surface area contributed by atoms with Gasteiger partial charge in [-0.1, -0.05) is 18.2 Å². The number of aryl methyl sites for hydroxylation is 2. The normalized spacial score (nSPS) is 15.4. The highest BCUT2D eigenvalue weighted by Crippen LogP contribution is 2.26. The van der Waals surface area contributed by atoms with Crippen LogP contribution in [0.1, 0.15) is 34.5 Å². The molecule has 0 radical (unpaired) electrons. The van der Waals surface area contributed by atoms with Gasteiger partial charge in [0.1, 0.15) is 5.58 Å². The van der Waals surface area contributed by atoms with Gasteiger partial charge in [0.2, 0.25) is 0 Å². The van der Waals surface area contributed by atoms with E-state index < -0.39 is 0 Å². The summed E-state index contributed by atoms with van der Waals surface area (Å²) in [6, 6.07) is 14.0. The van der Waals surface area contributed by atoms with E-state index in [0.717, 1.165) is 49.0 Å². The molecule has 0 unspecified atom stereocenters. The van der Waals surface area contributed by atoms with Gasteiger partial charge in [0.05, 0.1) is 17.4 Å². The number of furan rings is 1.